The van der Waals surface area contributed by atoms with Gasteiger partial charge in [-0.05, 0) is 19.1 Å². The van der Waals surface area contributed by atoms with Crippen molar-refractivity contribution in [2.24, 2.45) is 0 Å². The average molecular weight is 225 g/mol. The van der Waals surface area contributed by atoms with Crippen molar-refractivity contribution in [3.63, 3.8) is 0 Å². The van der Waals surface area contributed by atoms with E-state index in [9.17, 15) is 0 Å². The molecule has 0 aliphatic heterocycles. The molecule has 84 valence electrons. The van der Waals surface area contributed by atoms with Gasteiger partial charge in [-0.25, -0.2) is 9.97 Å². The summed E-state index contributed by atoms with van der Waals surface area (Å²) in [5.41, 5.74) is 0.938. The molecule has 0 saturated carbocycles. The van der Waals surface area contributed by atoms with Gasteiger partial charge in [-0.2, -0.15) is 5.26 Å². The van der Waals surface area contributed by atoms with Gasteiger partial charge in [-0.15, -0.1) is 0 Å². The van der Waals surface area contributed by atoms with Crippen LogP contribution < -0.4 is 10.6 Å². The van der Waals surface area contributed by atoms with Gasteiger partial charge < -0.3 is 5.32 Å². The Bertz CT molecular complexity index is 545. The number of anilines is 3. The van der Waals surface area contributed by atoms with E-state index in [1.807, 2.05) is 36.5 Å². The largest absolute Gasteiger partial charge is 0.340 e. The topological polar surface area (TPSA) is 73.6 Å². The van der Waals surface area contributed by atoms with E-state index in [1.165, 1.54) is 0 Å². The number of benzene rings is 1. The maximum Gasteiger partial charge on any atom is 0.182 e. The third-order valence-corrected chi connectivity index (χ3v) is 2.07. The summed E-state index contributed by atoms with van der Waals surface area (Å²) >= 11 is 0. The molecule has 0 aliphatic rings. The highest BCUT2D eigenvalue weighted by atomic mass is 15.1. The van der Waals surface area contributed by atoms with Crippen LogP contribution in [0, 0.1) is 18.4 Å². The molecule has 0 saturated heterocycles. The van der Waals surface area contributed by atoms with Crippen molar-refractivity contribution < 1.29 is 0 Å². The monoisotopic (exact) mass is 225 g/mol. The first-order valence-electron chi connectivity index (χ1n) is 5.11. The van der Waals surface area contributed by atoms with Crippen LogP contribution in [0.1, 0.15) is 5.82 Å². The zero-order valence-corrected chi connectivity index (χ0v) is 9.31. The molecule has 0 radical (unpaired) electrons. The SMILES string of the molecule is Cc1nc(NC#N)cc(Nc2ccccc2)n1. The van der Waals surface area contributed by atoms with Crippen LogP contribution >= 0.6 is 0 Å². The zero-order chi connectivity index (χ0) is 12.1. The summed E-state index contributed by atoms with van der Waals surface area (Å²) in [5.74, 6) is 1.74. The van der Waals surface area contributed by atoms with E-state index in [-0.39, 0.29) is 0 Å². The Morgan fingerprint density at radius 1 is 1.12 bits per heavy atom. The van der Waals surface area contributed by atoms with Crippen molar-refractivity contribution in [3.8, 4) is 6.19 Å². The molecule has 0 spiro atoms. The fourth-order valence-corrected chi connectivity index (χ4v) is 1.42. The summed E-state index contributed by atoms with van der Waals surface area (Å²) < 4.78 is 0. The molecular formula is C12H11N5. The summed E-state index contributed by atoms with van der Waals surface area (Å²) in [4.78, 5) is 8.32. The highest BCUT2D eigenvalue weighted by molar-refractivity contribution is 5.59. The molecule has 0 fully saturated rings. The van der Waals surface area contributed by atoms with E-state index in [1.54, 1.807) is 13.0 Å². The van der Waals surface area contributed by atoms with Crippen LogP contribution in [0.15, 0.2) is 36.4 Å². The molecule has 2 N–H and O–H groups in total. The molecular weight excluding hydrogens is 214 g/mol. The van der Waals surface area contributed by atoms with Gasteiger partial charge in [0.25, 0.3) is 0 Å². The van der Waals surface area contributed by atoms with E-state index in [4.69, 9.17) is 5.26 Å². The summed E-state index contributed by atoms with van der Waals surface area (Å²) in [5, 5.41) is 14.2. The normalized spacial score (nSPS) is 9.41. The van der Waals surface area contributed by atoms with Gasteiger partial charge in [-0.1, -0.05) is 18.2 Å². The van der Waals surface area contributed by atoms with Crippen LogP contribution in [0.25, 0.3) is 0 Å². The number of nitrogens with one attached hydrogen (secondary N) is 2. The quantitative estimate of drug-likeness (QED) is 0.620. The van der Waals surface area contributed by atoms with Gasteiger partial charge in [0.15, 0.2) is 6.19 Å². The fourth-order valence-electron chi connectivity index (χ4n) is 1.42. The Morgan fingerprint density at radius 2 is 1.82 bits per heavy atom. The number of para-hydroxylation sites is 1. The van der Waals surface area contributed by atoms with Gasteiger partial charge in [0, 0.05) is 11.8 Å². The molecule has 0 amide bonds. The third-order valence-electron chi connectivity index (χ3n) is 2.07. The third kappa shape index (κ3) is 2.92. The second-order valence-electron chi connectivity index (χ2n) is 3.41. The van der Waals surface area contributed by atoms with Crippen molar-refractivity contribution in [1.82, 2.24) is 9.97 Å². The molecule has 2 aromatic rings. The van der Waals surface area contributed by atoms with Crippen LogP contribution in [0.4, 0.5) is 17.3 Å². The van der Waals surface area contributed by atoms with Crippen LogP contribution in [-0.4, -0.2) is 9.97 Å². The predicted octanol–water partition coefficient (Wildman–Crippen LogP) is 2.42. The summed E-state index contributed by atoms with van der Waals surface area (Å²) in [6, 6.07) is 11.4. The molecule has 0 atom stereocenters. The number of hydrogen-bond acceptors (Lipinski definition) is 5. The lowest BCUT2D eigenvalue weighted by atomic mass is 10.3. The van der Waals surface area contributed by atoms with E-state index in [2.05, 4.69) is 20.6 Å². The van der Waals surface area contributed by atoms with E-state index < -0.39 is 0 Å². The Balaban J connectivity index is 2.24. The second kappa shape index (κ2) is 4.94. The highest BCUT2D eigenvalue weighted by Gasteiger charge is 2.01. The van der Waals surface area contributed by atoms with E-state index in [0.29, 0.717) is 17.5 Å². The van der Waals surface area contributed by atoms with Gasteiger partial charge in [0.05, 0.1) is 0 Å². The van der Waals surface area contributed by atoms with Crippen molar-refractivity contribution in [3.05, 3.63) is 42.2 Å². The maximum absolute atomic E-state index is 8.55. The number of rotatable bonds is 3. The lowest BCUT2D eigenvalue weighted by Crippen LogP contribution is -2.00. The molecule has 2 rings (SSSR count). The highest BCUT2D eigenvalue weighted by Crippen LogP contribution is 2.16. The maximum atomic E-state index is 8.55. The van der Waals surface area contributed by atoms with Gasteiger partial charge in [0.2, 0.25) is 0 Å². The Hall–Kier alpha value is -2.61. The average Bonchev–Trinajstić information content (AvgIpc) is 2.30. The summed E-state index contributed by atoms with van der Waals surface area (Å²) in [7, 11) is 0. The first kappa shape index (κ1) is 10.9. The van der Waals surface area contributed by atoms with E-state index in [0.717, 1.165) is 5.69 Å². The minimum absolute atomic E-state index is 0.485. The van der Waals surface area contributed by atoms with E-state index >= 15 is 0 Å². The Kier molecular flexibility index (Phi) is 3.17. The number of nitrogens with zero attached hydrogens (tertiary/aromatic N) is 3. The van der Waals surface area contributed by atoms with Gasteiger partial charge >= 0.3 is 0 Å². The minimum atomic E-state index is 0.485. The van der Waals surface area contributed by atoms with Gasteiger partial charge in [-0.3, -0.25) is 5.32 Å². The summed E-state index contributed by atoms with van der Waals surface area (Å²) in [6.45, 7) is 1.78. The molecule has 0 bridgehead atoms. The molecule has 1 heterocycles. The molecule has 17 heavy (non-hydrogen) atoms. The zero-order valence-electron chi connectivity index (χ0n) is 9.31. The van der Waals surface area contributed by atoms with Crippen LogP contribution in [0.2, 0.25) is 0 Å². The first-order valence-corrected chi connectivity index (χ1v) is 5.11. The number of aromatic nitrogens is 2. The van der Waals surface area contributed by atoms with Crippen molar-refractivity contribution >= 4 is 17.3 Å². The molecule has 0 aliphatic carbocycles. The molecule has 0 unspecified atom stereocenters. The lowest BCUT2D eigenvalue weighted by Gasteiger charge is -2.07. The standard InChI is InChI=1S/C12H11N5/c1-9-15-11(14-8-13)7-12(16-9)17-10-5-3-2-4-6-10/h2-7H,1H3,(H2,14,15,16,17). The van der Waals surface area contributed by atoms with Crippen LogP contribution in [0.3, 0.4) is 0 Å². The lowest BCUT2D eigenvalue weighted by molar-refractivity contribution is 1.06. The minimum Gasteiger partial charge on any atom is -0.340 e. The van der Waals surface area contributed by atoms with Crippen molar-refractivity contribution in [1.29, 1.82) is 5.26 Å². The predicted molar refractivity (Wildman–Crippen MR) is 65.7 cm³/mol. The molecule has 1 aromatic carbocycles. The number of nitriles is 1. The Labute approximate surface area is 99.1 Å². The first-order chi connectivity index (χ1) is 8.28. The van der Waals surface area contributed by atoms with Crippen molar-refractivity contribution in [2.45, 2.75) is 6.92 Å². The van der Waals surface area contributed by atoms with Gasteiger partial charge in [0.1, 0.15) is 17.5 Å². The molecule has 5 heteroatoms. The second-order valence-corrected chi connectivity index (χ2v) is 3.41. The smallest absolute Gasteiger partial charge is 0.182 e. The van der Waals surface area contributed by atoms with Crippen LogP contribution in [-0.2, 0) is 0 Å². The number of aryl methyl sites for hydroxylation is 1. The molecule has 5 nitrogen and oxygen atoms in total. The van der Waals surface area contributed by atoms with Crippen LogP contribution in [0.5, 0.6) is 0 Å². The Morgan fingerprint density at radius 3 is 2.53 bits per heavy atom. The number of hydrogen-bond donors (Lipinski definition) is 2. The summed E-state index contributed by atoms with van der Waals surface area (Å²) in [6.07, 6.45) is 1.83. The van der Waals surface area contributed by atoms with Crippen molar-refractivity contribution in [2.75, 3.05) is 10.6 Å². The molecule has 1 aromatic heterocycles. The fraction of sp³-hybridized carbons (Fsp3) is 0.0833.